The number of hydrogen-bond donors (Lipinski definition) is 8. The Morgan fingerprint density at radius 1 is 0.619 bits per heavy atom. The average molecular weight is 1160 g/mol. The van der Waals surface area contributed by atoms with Crippen LogP contribution >= 0.6 is 11.6 Å². The second-order valence-electron chi connectivity index (χ2n) is 19.6. The number of carbonyl (C=O) groups excluding carboxylic acids is 3. The van der Waals surface area contributed by atoms with E-state index >= 15 is 0 Å². The number of aromatic amines is 2. The molecule has 6 aromatic carbocycles. The third-order valence-corrected chi connectivity index (χ3v) is 14.6. The number of halogens is 1. The molecule has 22 heteroatoms. The first kappa shape index (κ1) is 56.8. The van der Waals surface area contributed by atoms with E-state index in [1.165, 1.54) is 48.8 Å². The highest BCUT2D eigenvalue weighted by Crippen LogP contribution is 2.34. The Morgan fingerprint density at radius 2 is 1.20 bits per heavy atom. The minimum Gasteiger partial charge on any atom is -0.360 e. The molecule has 4 heterocycles. The first-order valence-electron chi connectivity index (χ1n) is 26.2. The van der Waals surface area contributed by atoms with Gasteiger partial charge in [-0.25, -0.2) is 28.4 Å². The fourth-order valence-electron chi connectivity index (χ4n) is 8.97. The van der Waals surface area contributed by atoms with Crippen LogP contribution < -0.4 is 31.3 Å². The third-order valence-electron chi connectivity index (χ3n) is 13.0. The molecule has 0 aliphatic heterocycles. The molecule has 10 aromatic rings. The van der Waals surface area contributed by atoms with Gasteiger partial charge in [0.1, 0.15) is 6.07 Å². The van der Waals surface area contributed by atoms with E-state index in [0.717, 1.165) is 32.9 Å². The van der Waals surface area contributed by atoms with Gasteiger partial charge in [-0.15, -0.1) is 0 Å². The molecular formula is C62H54ClN15O5S. The van der Waals surface area contributed by atoms with Gasteiger partial charge < -0.3 is 41.5 Å². The summed E-state index contributed by atoms with van der Waals surface area (Å²) >= 11 is 6.52. The Kier molecular flexibility index (Phi) is 17.2. The van der Waals surface area contributed by atoms with Crippen LogP contribution in [0.4, 0.5) is 46.0 Å². The maximum atomic E-state index is 13.5. The van der Waals surface area contributed by atoms with E-state index in [9.17, 15) is 28.1 Å². The number of fused-ring (bicyclic) bond motifs is 2. The van der Waals surface area contributed by atoms with Crippen LogP contribution in [0.25, 0.3) is 44.3 Å². The number of anilines is 8. The lowest BCUT2D eigenvalue weighted by atomic mass is 10.0. The molecule has 10 rings (SSSR count). The van der Waals surface area contributed by atoms with Crippen molar-refractivity contribution in [3.63, 3.8) is 0 Å². The predicted octanol–water partition coefficient (Wildman–Crippen LogP) is 11.3. The monoisotopic (exact) mass is 1160 g/mol. The third kappa shape index (κ3) is 14.1. The fourth-order valence-corrected chi connectivity index (χ4v) is 10.2. The second kappa shape index (κ2) is 25.5. The average Bonchev–Trinajstić information content (AvgIpc) is 3.81. The molecule has 420 valence electrons. The second-order valence-corrected chi connectivity index (χ2v) is 21.7. The Morgan fingerprint density at radius 3 is 1.89 bits per heavy atom. The smallest absolute Gasteiger partial charge is 0.261 e. The van der Waals surface area contributed by atoms with Crippen LogP contribution in [-0.4, -0.2) is 100 Å². The standard InChI is InChI=1S/C62H54ClN15O5S/c1-77(2)28-8-16-56(79)69-42-21-19-40(20-22-42)60(81)71-44-10-6-11-45(31-44)72-61-67-34-41(33-64)58(74-61)51-35-66-55-30-39(18-27-50(51)55)38-78(3)29-9-17-57(80)70-43-23-25-48(26-24-43)84(82,83)76-47-13-7-12-46(32-47)73-62-68-37-53(63)59(75-62)52-36-65-54-15-5-4-14-49(52)54/h4-27,30-32,34-37,65-66,76H,28-29,38H2,1-3H3,(H,69,79)(H,70,80)(H,71,81)(H,67,72,74)(H,68,73,75). The van der Waals surface area contributed by atoms with Crippen LogP contribution in [0.1, 0.15) is 21.5 Å². The molecule has 4 aromatic heterocycles. The molecule has 0 saturated carbocycles. The maximum absolute atomic E-state index is 13.5. The van der Waals surface area contributed by atoms with Crippen molar-refractivity contribution >= 4 is 107 Å². The van der Waals surface area contributed by atoms with Gasteiger partial charge >= 0.3 is 0 Å². The minimum absolute atomic E-state index is 0.00360. The predicted molar refractivity (Wildman–Crippen MR) is 330 cm³/mol. The van der Waals surface area contributed by atoms with Crippen LogP contribution in [0.5, 0.6) is 0 Å². The topological polar surface area (TPSA) is 271 Å². The molecular weight excluding hydrogens is 1100 g/mol. The summed E-state index contributed by atoms with van der Waals surface area (Å²) in [6.07, 6.45) is 13.0. The number of carbonyl (C=O) groups is 3. The van der Waals surface area contributed by atoms with E-state index in [2.05, 4.69) is 62.3 Å². The molecule has 0 unspecified atom stereocenters. The van der Waals surface area contributed by atoms with Crippen LogP contribution in [-0.2, 0) is 26.2 Å². The van der Waals surface area contributed by atoms with E-state index < -0.39 is 10.0 Å². The quantitative estimate of drug-likeness (QED) is 0.0311. The summed E-state index contributed by atoms with van der Waals surface area (Å²) in [6.45, 7) is 1.63. The minimum atomic E-state index is -4.01. The highest BCUT2D eigenvalue weighted by Gasteiger charge is 2.19. The van der Waals surface area contributed by atoms with E-state index in [0.29, 0.717) is 81.3 Å². The summed E-state index contributed by atoms with van der Waals surface area (Å²) < 4.78 is 29.5. The van der Waals surface area contributed by atoms with E-state index in [4.69, 9.17) is 16.6 Å². The van der Waals surface area contributed by atoms with Crippen LogP contribution in [0.2, 0.25) is 5.02 Å². The first-order chi connectivity index (χ1) is 40.6. The Bertz CT molecular complexity index is 4310. The molecule has 3 amide bonds. The van der Waals surface area contributed by atoms with Gasteiger partial charge in [0.25, 0.3) is 15.9 Å². The Balaban J connectivity index is 0.699. The van der Waals surface area contributed by atoms with Gasteiger partial charge in [0.2, 0.25) is 23.7 Å². The van der Waals surface area contributed by atoms with Crippen molar-refractivity contribution in [3.05, 3.63) is 210 Å². The first-order valence-corrected chi connectivity index (χ1v) is 28.0. The number of nitrogens with one attached hydrogen (secondary N) is 8. The SMILES string of the molecule is CN(C)CC=CC(=O)Nc1ccc(C(=O)Nc2cccc(Nc3ncc(C#N)c(-c4c[nH]c5cc(CN(C)CC=CC(=O)Nc6ccc(S(=O)(=O)Nc7cccc(Nc8ncc(Cl)c(-c9c[nH]c%10ccccc9%10)n8)c7)cc6)ccc45)n3)c2)cc1. The van der Waals surface area contributed by atoms with Gasteiger partial charge in [0, 0.05) is 111 Å². The summed E-state index contributed by atoms with van der Waals surface area (Å²) in [5.41, 5.74) is 8.87. The molecule has 0 bridgehead atoms. The zero-order valence-corrected chi connectivity index (χ0v) is 47.0. The lowest BCUT2D eigenvalue weighted by Crippen LogP contribution is -2.18. The molecule has 0 spiro atoms. The highest BCUT2D eigenvalue weighted by molar-refractivity contribution is 7.92. The van der Waals surface area contributed by atoms with Crippen molar-refractivity contribution < 1.29 is 22.8 Å². The number of H-pyrrole nitrogens is 2. The van der Waals surface area contributed by atoms with Crippen LogP contribution in [0.15, 0.2) is 194 Å². The highest BCUT2D eigenvalue weighted by atomic mass is 35.5. The summed E-state index contributed by atoms with van der Waals surface area (Å²) in [5.74, 6) is -0.477. The van der Waals surface area contributed by atoms with Crippen molar-refractivity contribution in [2.75, 3.05) is 65.5 Å². The normalized spacial score (nSPS) is 11.6. The van der Waals surface area contributed by atoms with Gasteiger partial charge in [-0.1, -0.05) is 66.2 Å². The number of nitrogens with zero attached hydrogens (tertiary/aromatic N) is 7. The van der Waals surface area contributed by atoms with Gasteiger partial charge in [0.05, 0.1) is 45.0 Å². The number of amides is 3. The fraction of sp³-hybridized carbons (Fsp3) is 0.0968. The van der Waals surface area contributed by atoms with Gasteiger partial charge in [-0.3, -0.25) is 24.0 Å². The molecule has 0 aliphatic rings. The largest absolute Gasteiger partial charge is 0.360 e. The van der Waals surface area contributed by atoms with E-state index in [1.807, 2.05) is 79.6 Å². The zero-order valence-electron chi connectivity index (χ0n) is 45.5. The summed E-state index contributed by atoms with van der Waals surface area (Å²) in [7, 11) is 1.74. The number of likely N-dealkylation sites (N-methyl/N-ethyl adjacent to an activating group) is 2. The van der Waals surface area contributed by atoms with Crippen molar-refractivity contribution in [1.82, 2.24) is 39.7 Å². The maximum Gasteiger partial charge on any atom is 0.261 e. The Labute approximate surface area is 488 Å². The van der Waals surface area contributed by atoms with Crippen molar-refractivity contribution in [2.45, 2.75) is 11.4 Å². The summed E-state index contributed by atoms with van der Waals surface area (Å²) in [6, 6.07) is 42.2. The van der Waals surface area contributed by atoms with E-state index in [-0.39, 0.29) is 40.1 Å². The van der Waals surface area contributed by atoms with Gasteiger partial charge in [0.15, 0.2) is 0 Å². The molecule has 84 heavy (non-hydrogen) atoms. The molecule has 20 nitrogen and oxygen atoms in total. The van der Waals surface area contributed by atoms with Gasteiger partial charge in [-0.05, 0) is 124 Å². The molecule has 0 aliphatic carbocycles. The summed E-state index contributed by atoms with van der Waals surface area (Å²) in [4.78, 5) is 67.0. The molecule has 0 saturated heterocycles. The van der Waals surface area contributed by atoms with Gasteiger partial charge in [-0.2, -0.15) is 5.26 Å². The van der Waals surface area contributed by atoms with Crippen LogP contribution in [0, 0.1) is 11.3 Å². The molecule has 0 fully saturated rings. The number of aromatic nitrogens is 6. The van der Waals surface area contributed by atoms with Crippen LogP contribution in [0.3, 0.4) is 0 Å². The van der Waals surface area contributed by atoms with Crippen molar-refractivity contribution in [2.24, 2.45) is 0 Å². The molecule has 0 atom stereocenters. The Hall–Kier alpha value is -10.5. The number of para-hydroxylation sites is 1. The lowest BCUT2D eigenvalue weighted by molar-refractivity contribution is -0.112. The number of hydrogen-bond acceptors (Lipinski definition) is 14. The number of nitriles is 1. The molecule has 8 N–H and O–H groups in total. The lowest BCUT2D eigenvalue weighted by Gasteiger charge is -2.14. The number of sulfonamides is 1. The number of benzene rings is 6. The zero-order chi connectivity index (χ0) is 58.7. The van der Waals surface area contributed by atoms with Crippen molar-refractivity contribution in [3.8, 4) is 28.6 Å². The number of rotatable bonds is 21. The summed E-state index contributed by atoms with van der Waals surface area (Å²) in [5, 5.41) is 27.0. The van der Waals surface area contributed by atoms with E-state index in [1.54, 1.807) is 91.1 Å². The molecule has 0 radical (unpaired) electrons. The van der Waals surface area contributed by atoms with Crippen molar-refractivity contribution in [1.29, 1.82) is 5.26 Å².